The predicted octanol–water partition coefficient (Wildman–Crippen LogP) is 3.86. The minimum absolute atomic E-state index is 0.200. The quantitative estimate of drug-likeness (QED) is 0.428. The standard InChI is InChI=1S/C22H23N5O2S2/c1-15-9-11-19(12-10-15)31(28,29)23-14-20(18-7-5-4-6-8-18)30-22-26-25-21-24-16(2)13-17(3)27(21)22/h4-13,20,23H,14H2,1-3H3/t20-/m0/s1. The van der Waals surface area contributed by atoms with Gasteiger partial charge in [-0.25, -0.2) is 18.1 Å². The number of hydrogen-bond acceptors (Lipinski definition) is 6. The highest BCUT2D eigenvalue weighted by molar-refractivity contribution is 7.99. The molecular weight excluding hydrogens is 430 g/mol. The van der Waals surface area contributed by atoms with Gasteiger partial charge in [0.15, 0.2) is 5.16 Å². The average molecular weight is 454 g/mol. The first-order valence-corrected chi connectivity index (χ1v) is 12.2. The van der Waals surface area contributed by atoms with Gasteiger partial charge in [-0.15, -0.1) is 10.2 Å². The predicted molar refractivity (Wildman–Crippen MR) is 122 cm³/mol. The van der Waals surface area contributed by atoms with Crippen molar-refractivity contribution in [3.8, 4) is 0 Å². The summed E-state index contributed by atoms with van der Waals surface area (Å²) in [4.78, 5) is 4.68. The Balaban J connectivity index is 1.62. The molecule has 2 aromatic carbocycles. The molecule has 7 nitrogen and oxygen atoms in total. The minimum atomic E-state index is -3.63. The first-order chi connectivity index (χ1) is 14.8. The number of hydrogen-bond donors (Lipinski definition) is 1. The van der Waals surface area contributed by atoms with Crippen LogP contribution < -0.4 is 4.72 Å². The van der Waals surface area contributed by atoms with E-state index in [9.17, 15) is 8.42 Å². The molecule has 0 bridgehead atoms. The highest BCUT2D eigenvalue weighted by Crippen LogP contribution is 2.34. The Bertz CT molecular complexity index is 1300. The molecule has 9 heteroatoms. The van der Waals surface area contributed by atoms with Gasteiger partial charge in [0.25, 0.3) is 5.78 Å². The molecule has 160 valence electrons. The van der Waals surface area contributed by atoms with Crippen LogP contribution in [0.4, 0.5) is 0 Å². The summed E-state index contributed by atoms with van der Waals surface area (Å²) in [5.74, 6) is 0.534. The van der Waals surface area contributed by atoms with Crippen LogP contribution in [0.5, 0.6) is 0 Å². The maximum Gasteiger partial charge on any atom is 0.256 e. The SMILES string of the molecule is Cc1ccc(S(=O)(=O)NC[C@H](Sc2nnc3nc(C)cc(C)n23)c2ccccc2)cc1. The Labute approximate surface area is 186 Å². The van der Waals surface area contributed by atoms with Crippen molar-refractivity contribution in [2.75, 3.05) is 6.54 Å². The van der Waals surface area contributed by atoms with Crippen molar-refractivity contribution in [3.63, 3.8) is 0 Å². The molecule has 0 aliphatic rings. The maximum atomic E-state index is 12.8. The molecule has 0 amide bonds. The molecule has 4 rings (SSSR count). The normalized spacial score (nSPS) is 12.9. The van der Waals surface area contributed by atoms with Gasteiger partial charge in [0.1, 0.15) is 0 Å². The largest absolute Gasteiger partial charge is 0.259 e. The van der Waals surface area contributed by atoms with Crippen molar-refractivity contribution in [2.24, 2.45) is 0 Å². The summed E-state index contributed by atoms with van der Waals surface area (Å²) in [5.41, 5.74) is 3.85. The van der Waals surface area contributed by atoms with E-state index in [4.69, 9.17) is 0 Å². The second-order valence-electron chi connectivity index (χ2n) is 7.34. The number of aryl methyl sites for hydroxylation is 3. The van der Waals surface area contributed by atoms with Crippen molar-refractivity contribution in [2.45, 2.75) is 36.1 Å². The van der Waals surface area contributed by atoms with Crippen molar-refractivity contribution < 1.29 is 8.42 Å². The molecule has 0 saturated carbocycles. The summed E-state index contributed by atoms with van der Waals surface area (Å²) in [7, 11) is -3.63. The summed E-state index contributed by atoms with van der Waals surface area (Å²) in [6.07, 6.45) is 0. The van der Waals surface area contributed by atoms with Crippen LogP contribution in [0, 0.1) is 20.8 Å². The molecule has 1 N–H and O–H groups in total. The fourth-order valence-corrected chi connectivity index (χ4v) is 5.57. The third-order valence-corrected chi connectivity index (χ3v) is 7.51. The number of rotatable bonds is 7. The monoisotopic (exact) mass is 453 g/mol. The zero-order valence-electron chi connectivity index (χ0n) is 17.5. The topological polar surface area (TPSA) is 89.2 Å². The van der Waals surface area contributed by atoms with E-state index >= 15 is 0 Å². The molecule has 0 radical (unpaired) electrons. The van der Waals surface area contributed by atoms with Crippen molar-refractivity contribution >= 4 is 27.6 Å². The van der Waals surface area contributed by atoms with E-state index < -0.39 is 10.0 Å². The van der Waals surface area contributed by atoms with Gasteiger partial charge in [0, 0.05) is 17.9 Å². The number of sulfonamides is 1. The molecule has 0 aliphatic heterocycles. The lowest BCUT2D eigenvalue weighted by molar-refractivity contribution is 0.581. The van der Waals surface area contributed by atoms with Gasteiger partial charge < -0.3 is 0 Å². The van der Waals surface area contributed by atoms with E-state index in [0.717, 1.165) is 22.5 Å². The van der Waals surface area contributed by atoms with E-state index in [-0.39, 0.29) is 16.7 Å². The molecule has 2 aromatic heterocycles. The first-order valence-electron chi connectivity index (χ1n) is 9.81. The lowest BCUT2D eigenvalue weighted by Gasteiger charge is -2.17. The molecule has 0 aliphatic carbocycles. The van der Waals surface area contributed by atoms with Crippen LogP contribution in [0.1, 0.15) is 27.8 Å². The molecule has 1 atom stereocenters. The van der Waals surface area contributed by atoms with Crippen molar-refractivity contribution in [1.82, 2.24) is 24.3 Å². The van der Waals surface area contributed by atoms with Crippen LogP contribution in [-0.4, -0.2) is 34.5 Å². The lowest BCUT2D eigenvalue weighted by atomic mass is 10.1. The molecular formula is C22H23N5O2S2. The Kier molecular flexibility index (Phi) is 6.08. The number of nitrogens with one attached hydrogen (secondary N) is 1. The van der Waals surface area contributed by atoms with Gasteiger partial charge in [-0.2, -0.15) is 0 Å². The van der Waals surface area contributed by atoms with Crippen LogP contribution in [0.15, 0.2) is 70.7 Å². The minimum Gasteiger partial charge on any atom is -0.259 e. The molecule has 0 saturated heterocycles. The number of nitrogens with zero attached hydrogens (tertiary/aromatic N) is 4. The van der Waals surface area contributed by atoms with Crippen LogP contribution in [0.25, 0.3) is 5.78 Å². The highest BCUT2D eigenvalue weighted by Gasteiger charge is 2.22. The summed E-state index contributed by atoms with van der Waals surface area (Å²) in [6, 6.07) is 18.6. The Morgan fingerprint density at radius 1 is 1.00 bits per heavy atom. The molecule has 0 fully saturated rings. The Hall–Kier alpha value is -2.75. The van der Waals surface area contributed by atoms with Gasteiger partial charge in [-0.05, 0) is 44.5 Å². The maximum absolute atomic E-state index is 12.8. The van der Waals surface area contributed by atoms with E-state index in [2.05, 4.69) is 19.9 Å². The second kappa shape index (κ2) is 8.78. The zero-order chi connectivity index (χ0) is 22.0. The van der Waals surface area contributed by atoms with Gasteiger partial charge in [-0.3, -0.25) is 4.40 Å². The number of thioether (sulfide) groups is 1. The molecule has 4 aromatic rings. The average Bonchev–Trinajstić information content (AvgIpc) is 3.15. The molecule has 31 heavy (non-hydrogen) atoms. The van der Waals surface area contributed by atoms with Crippen LogP contribution in [-0.2, 0) is 10.0 Å². The number of benzene rings is 2. The fraction of sp³-hybridized carbons (Fsp3) is 0.227. The fourth-order valence-electron chi connectivity index (χ4n) is 3.29. The summed E-state index contributed by atoms with van der Waals surface area (Å²) < 4.78 is 30.3. The third-order valence-electron chi connectivity index (χ3n) is 4.87. The number of fused-ring (bicyclic) bond motifs is 1. The van der Waals surface area contributed by atoms with Crippen LogP contribution in [0.3, 0.4) is 0 Å². The van der Waals surface area contributed by atoms with Gasteiger partial charge in [0.2, 0.25) is 10.0 Å². The van der Waals surface area contributed by atoms with Gasteiger partial charge >= 0.3 is 0 Å². The molecule has 0 unspecified atom stereocenters. The Morgan fingerprint density at radius 2 is 1.71 bits per heavy atom. The summed E-state index contributed by atoms with van der Waals surface area (Å²) >= 11 is 1.46. The third kappa shape index (κ3) is 4.79. The van der Waals surface area contributed by atoms with E-state index in [1.165, 1.54) is 11.8 Å². The summed E-state index contributed by atoms with van der Waals surface area (Å²) in [5, 5.41) is 8.98. The lowest BCUT2D eigenvalue weighted by Crippen LogP contribution is -2.27. The van der Waals surface area contributed by atoms with E-state index in [1.807, 2.05) is 61.6 Å². The molecule has 2 heterocycles. The van der Waals surface area contributed by atoms with Crippen molar-refractivity contribution in [3.05, 3.63) is 83.2 Å². The van der Waals surface area contributed by atoms with Crippen molar-refractivity contribution in [1.29, 1.82) is 0 Å². The van der Waals surface area contributed by atoms with Crippen LogP contribution in [0.2, 0.25) is 0 Å². The molecule has 0 spiro atoms. The van der Waals surface area contributed by atoms with Gasteiger partial charge in [0.05, 0.1) is 10.1 Å². The first kappa shape index (κ1) is 21.5. The van der Waals surface area contributed by atoms with E-state index in [0.29, 0.717) is 10.9 Å². The van der Waals surface area contributed by atoms with E-state index in [1.54, 1.807) is 24.3 Å². The number of aromatic nitrogens is 4. The van der Waals surface area contributed by atoms with Gasteiger partial charge in [-0.1, -0.05) is 59.8 Å². The van der Waals surface area contributed by atoms with Crippen LogP contribution >= 0.6 is 11.8 Å². The second-order valence-corrected chi connectivity index (χ2v) is 10.3. The Morgan fingerprint density at radius 3 is 2.42 bits per heavy atom. The smallest absolute Gasteiger partial charge is 0.256 e. The highest BCUT2D eigenvalue weighted by atomic mass is 32.2. The summed E-state index contributed by atoms with van der Waals surface area (Å²) in [6.45, 7) is 6.03. The zero-order valence-corrected chi connectivity index (χ0v) is 19.1.